The highest BCUT2D eigenvalue weighted by Crippen LogP contribution is 2.28. The Morgan fingerprint density at radius 1 is 1.29 bits per heavy atom. The van der Waals surface area contributed by atoms with Crippen LogP contribution >= 0.6 is 11.8 Å². The third-order valence-corrected chi connectivity index (χ3v) is 5.91. The molecule has 1 fully saturated rings. The summed E-state index contributed by atoms with van der Waals surface area (Å²) in [5.74, 6) is 0.774. The SMILES string of the molecule is CC(NC(=O)CSCc1cccnc1)c1cc(F)ccc1N1CCN(C)CC1. The number of aromatic nitrogens is 1. The number of carbonyl (C=O) groups is 1. The van der Waals surface area contributed by atoms with Gasteiger partial charge in [-0.2, -0.15) is 0 Å². The summed E-state index contributed by atoms with van der Waals surface area (Å²) in [5, 5.41) is 3.02. The van der Waals surface area contributed by atoms with E-state index >= 15 is 0 Å². The summed E-state index contributed by atoms with van der Waals surface area (Å²) < 4.78 is 13.9. The van der Waals surface area contributed by atoms with Gasteiger partial charge in [0, 0.05) is 55.6 Å². The summed E-state index contributed by atoms with van der Waals surface area (Å²) in [7, 11) is 2.11. The summed E-state index contributed by atoms with van der Waals surface area (Å²) in [6.07, 6.45) is 3.54. The number of benzene rings is 1. The van der Waals surface area contributed by atoms with E-state index in [2.05, 4.69) is 27.1 Å². The summed E-state index contributed by atoms with van der Waals surface area (Å²) in [6, 6.07) is 8.50. The molecule has 7 heteroatoms. The number of amides is 1. The molecule has 1 aromatic carbocycles. The van der Waals surface area contributed by atoms with Crippen molar-refractivity contribution in [3.8, 4) is 0 Å². The minimum Gasteiger partial charge on any atom is -0.369 e. The van der Waals surface area contributed by atoms with E-state index in [1.165, 1.54) is 6.07 Å². The van der Waals surface area contributed by atoms with E-state index in [0.29, 0.717) is 5.75 Å². The van der Waals surface area contributed by atoms with Gasteiger partial charge in [0.25, 0.3) is 0 Å². The molecule has 0 saturated carbocycles. The first-order valence-electron chi connectivity index (χ1n) is 9.52. The van der Waals surface area contributed by atoms with Crippen molar-refractivity contribution in [2.75, 3.05) is 43.9 Å². The van der Waals surface area contributed by atoms with Crippen molar-refractivity contribution in [2.24, 2.45) is 0 Å². The molecule has 0 bridgehead atoms. The van der Waals surface area contributed by atoms with Crippen molar-refractivity contribution < 1.29 is 9.18 Å². The van der Waals surface area contributed by atoms with E-state index in [4.69, 9.17) is 0 Å². The van der Waals surface area contributed by atoms with Crippen LogP contribution in [0.15, 0.2) is 42.7 Å². The second-order valence-electron chi connectivity index (χ2n) is 7.14. The van der Waals surface area contributed by atoms with Crippen LogP contribution in [-0.2, 0) is 10.5 Å². The molecule has 0 aliphatic carbocycles. The van der Waals surface area contributed by atoms with Gasteiger partial charge in [-0.3, -0.25) is 9.78 Å². The van der Waals surface area contributed by atoms with Crippen molar-refractivity contribution in [1.82, 2.24) is 15.2 Å². The maximum atomic E-state index is 13.9. The highest BCUT2D eigenvalue weighted by atomic mass is 32.2. The van der Waals surface area contributed by atoms with Crippen molar-refractivity contribution in [3.63, 3.8) is 0 Å². The largest absolute Gasteiger partial charge is 0.369 e. The van der Waals surface area contributed by atoms with E-state index in [1.807, 2.05) is 31.3 Å². The standard InChI is InChI=1S/C21H27FN4OS/c1-16(24-21(27)15-28-14-17-4-3-7-23-13-17)19-12-18(22)5-6-20(19)26-10-8-25(2)9-11-26/h3-7,12-13,16H,8-11,14-15H2,1-2H3,(H,24,27). The Bertz CT molecular complexity index is 781. The smallest absolute Gasteiger partial charge is 0.230 e. The normalized spacial score (nSPS) is 16.0. The lowest BCUT2D eigenvalue weighted by Crippen LogP contribution is -2.45. The molecule has 1 saturated heterocycles. The lowest BCUT2D eigenvalue weighted by molar-refractivity contribution is -0.119. The predicted octanol–water partition coefficient (Wildman–Crippen LogP) is 3.08. The quantitative estimate of drug-likeness (QED) is 0.771. The maximum Gasteiger partial charge on any atom is 0.230 e. The van der Waals surface area contributed by atoms with Crippen molar-refractivity contribution >= 4 is 23.4 Å². The topological polar surface area (TPSA) is 48.5 Å². The number of rotatable bonds is 7. The number of thioether (sulfide) groups is 1. The van der Waals surface area contributed by atoms with Gasteiger partial charge in [0.1, 0.15) is 5.82 Å². The van der Waals surface area contributed by atoms with Crippen LogP contribution in [0, 0.1) is 5.82 Å². The molecule has 1 aliphatic heterocycles. The summed E-state index contributed by atoms with van der Waals surface area (Å²) in [6.45, 7) is 5.66. The Hall–Kier alpha value is -2.12. The third kappa shape index (κ3) is 5.69. The lowest BCUT2D eigenvalue weighted by Gasteiger charge is -2.36. The molecule has 3 rings (SSSR count). The first kappa shape index (κ1) is 20.6. The molecule has 28 heavy (non-hydrogen) atoms. The molecule has 0 radical (unpaired) electrons. The molecule has 5 nitrogen and oxygen atoms in total. The highest BCUT2D eigenvalue weighted by molar-refractivity contribution is 7.99. The first-order valence-corrected chi connectivity index (χ1v) is 10.7. The number of nitrogens with zero attached hydrogens (tertiary/aromatic N) is 3. The second kappa shape index (κ2) is 9.89. The molecular weight excluding hydrogens is 375 g/mol. The fourth-order valence-electron chi connectivity index (χ4n) is 3.31. The predicted molar refractivity (Wildman–Crippen MR) is 113 cm³/mol. The van der Waals surface area contributed by atoms with E-state index < -0.39 is 0 Å². The van der Waals surface area contributed by atoms with Crippen LogP contribution in [0.4, 0.5) is 10.1 Å². The maximum absolute atomic E-state index is 13.9. The molecule has 1 amide bonds. The fourth-order valence-corrected chi connectivity index (χ4v) is 4.09. The van der Waals surface area contributed by atoms with E-state index in [0.717, 1.165) is 48.7 Å². The van der Waals surface area contributed by atoms with Gasteiger partial charge >= 0.3 is 0 Å². The van der Waals surface area contributed by atoms with Gasteiger partial charge in [0.05, 0.1) is 11.8 Å². The second-order valence-corrected chi connectivity index (χ2v) is 8.12. The molecule has 1 unspecified atom stereocenters. The van der Waals surface area contributed by atoms with Crippen LogP contribution in [0.2, 0.25) is 0 Å². The first-order chi connectivity index (χ1) is 13.5. The van der Waals surface area contributed by atoms with Crippen LogP contribution in [0.25, 0.3) is 0 Å². The minimum absolute atomic E-state index is 0.0463. The van der Waals surface area contributed by atoms with Gasteiger partial charge in [0.2, 0.25) is 5.91 Å². The molecule has 150 valence electrons. The molecule has 2 aromatic rings. The van der Waals surface area contributed by atoms with Gasteiger partial charge in [-0.05, 0) is 43.8 Å². The Labute approximate surface area is 170 Å². The van der Waals surface area contributed by atoms with Crippen LogP contribution in [0.5, 0.6) is 0 Å². The number of nitrogens with one attached hydrogen (secondary N) is 1. The van der Waals surface area contributed by atoms with Crippen LogP contribution in [-0.4, -0.2) is 54.8 Å². The van der Waals surface area contributed by atoms with Crippen molar-refractivity contribution in [1.29, 1.82) is 0 Å². The van der Waals surface area contributed by atoms with Gasteiger partial charge in [-0.25, -0.2) is 4.39 Å². The summed E-state index contributed by atoms with van der Waals surface area (Å²) >= 11 is 1.55. The number of hydrogen-bond donors (Lipinski definition) is 1. The summed E-state index contributed by atoms with van der Waals surface area (Å²) in [5.41, 5.74) is 2.93. The Morgan fingerprint density at radius 2 is 2.07 bits per heavy atom. The number of likely N-dealkylation sites (N-methyl/N-ethyl adjacent to an activating group) is 1. The molecule has 1 N–H and O–H groups in total. The number of pyridine rings is 1. The van der Waals surface area contributed by atoms with Gasteiger partial charge in [-0.1, -0.05) is 6.07 Å². The highest BCUT2D eigenvalue weighted by Gasteiger charge is 2.21. The molecule has 1 atom stereocenters. The zero-order chi connectivity index (χ0) is 19.9. The molecule has 2 heterocycles. The Morgan fingerprint density at radius 3 is 2.79 bits per heavy atom. The van der Waals surface area contributed by atoms with E-state index in [9.17, 15) is 9.18 Å². The Kier molecular flexibility index (Phi) is 7.28. The lowest BCUT2D eigenvalue weighted by atomic mass is 10.0. The average Bonchev–Trinajstić information content (AvgIpc) is 2.69. The van der Waals surface area contributed by atoms with Crippen molar-refractivity contribution in [2.45, 2.75) is 18.7 Å². The molecule has 1 aromatic heterocycles. The minimum atomic E-state index is -0.278. The number of carbonyl (C=O) groups excluding carboxylic acids is 1. The third-order valence-electron chi connectivity index (χ3n) is 4.90. The molecule has 0 spiro atoms. The van der Waals surface area contributed by atoms with Crippen LogP contribution < -0.4 is 10.2 Å². The van der Waals surface area contributed by atoms with Gasteiger partial charge < -0.3 is 15.1 Å². The van der Waals surface area contributed by atoms with Crippen LogP contribution in [0.3, 0.4) is 0 Å². The molecule has 1 aliphatic rings. The van der Waals surface area contributed by atoms with E-state index in [-0.39, 0.29) is 17.8 Å². The van der Waals surface area contributed by atoms with E-state index in [1.54, 1.807) is 24.0 Å². The number of hydrogen-bond acceptors (Lipinski definition) is 5. The monoisotopic (exact) mass is 402 g/mol. The Balaban J connectivity index is 1.59. The fraction of sp³-hybridized carbons (Fsp3) is 0.429. The number of piperazine rings is 1. The van der Waals surface area contributed by atoms with Gasteiger partial charge in [-0.15, -0.1) is 11.8 Å². The summed E-state index contributed by atoms with van der Waals surface area (Å²) in [4.78, 5) is 21.0. The van der Waals surface area contributed by atoms with Crippen molar-refractivity contribution in [3.05, 3.63) is 59.7 Å². The number of halogens is 1. The van der Waals surface area contributed by atoms with Crippen LogP contribution in [0.1, 0.15) is 24.1 Å². The average molecular weight is 403 g/mol. The number of anilines is 1. The zero-order valence-electron chi connectivity index (χ0n) is 16.4. The zero-order valence-corrected chi connectivity index (χ0v) is 17.2. The van der Waals surface area contributed by atoms with Gasteiger partial charge in [0.15, 0.2) is 0 Å². The molecular formula is C21H27FN4OS.